The molecule has 1 aromatic rings. The van der Waals surface area contributed by atoms with Gasteiger partial charge in [-0.05, 0) is 24.6 Å². The molecule has 6 nitrogen and oxygen atoms in total. The summed E-state index contributed by atoms with van der Waals surface area (Å²) < 4.78 is 27.1. The zero-order valence-electron chi connectivity index (χ0n) is 11.7. The van der Waals surface area contributed by atoms with E-state index in [0.717, 1.165) is 0 Å². The molecule has 2 rings (SSSR count). The first kappa shape index (κ1) is 15.5. The molecule has 1 atom stereocenters. The minimum atomic E-state index is -3.74. The maximum absolute atomic E-state index is 12.3. The number of carbonyl (C=O) groups is 1. The molecule has 0 aliphatic carbocycles. The molecule has 7 heteroatoms. The number of nitrogens with one attached hydrogen (secondary N) is 1. The van der Waals surface area contributed by atoms with Crippen LogP contribution < -0.4 is 10.5 Å². The van der Waals surface area contributed by atoms with Gasteiger partial charge >= 0.3 is 0 Å². The van der Waals surface area contributed by atoms with Gasteiger partial charge in [-0.2, -0.15) is 4.72 Å². The average Bonchev–Trinajstić information content (AvgIpc) is 2.77. The molecule has 0 spiro atoms. The smallest absolute Gasteiger partial charge is 0.241 e. The lowest BCUT2D eigenvalue weighted by atomic mass is 10.2. The predicted molar refractivity (Wildman–Crippen MR) is 78.7 cm³/mol. The Morgan fingerprint density at radius 3 is 2.86 bits per heavy atom. The lowest BCUT2D eigenvalue weighted by molar-refractivity contribution is -0.127. The van der Waals surface area contributed by atoms with Crippen LogP contribution in [-0.4, -0.2) is 45.4 Å². The molecule has 0 radical (unpaired) electrons. The Morgan fingerprint density at radius 1 is 1.48 bits per heavy atom. The quantitative estimate of drug-likeness (QED) is 0.737. The zero-order chi connectivity index (χ0) is 15.5. The van der Waals surface area contributed by atoms with Crippen molar-refractivity contribution < 1.29 is 13.2 Å². The lowest BCUT2D eigenvalue weighted by Gasteiger charge is -2.12. The number of rotatable bonds is 3. The highest BCUT2D eigenvalue weighted by atomic mass is 32.2. The van der Waals surface area contributed by atoms with E-state index in [0.29, 0.717) is 18.5 Å². The van der Waals surface area contributed by atoms with E-state index in [9.17, 15) is 13.2 Å². The zero-order valence-corrected chi connectivity index (χ0v) is 12.5. The van der Waals surface area contributed by atoms with Gasteiger partial charge in [0.05, 0.1) is 11.4 Å². The summed E-state index contributed by atoms with van der Waals surface area (Å²) in [6, 6.07) is 5.56. The number of carbonyl (C=O) groups excluding carboxylic acids is 1. The summed E-state index contributed by atoms with van der Waals surface area (Å²) in [4.78, 5) is 13.4. The normalized spacial score (nSPS) is 18.5. The Balaban J connectivity index is 2.22. The minimum Gasteiger partial charge on any atom is -0.344 e. The number of nitrogens with two attached hydrogens (primary N) is 1. The van der Waals surface area contributed by atoms with Gasteiger partial charge in [-0.1, -0.05) is 17.9 Å². The van der Waals surface area contributed by atoms with Crippen molar-refractivity contribution in [3.63, 3.8) is 0 Å². The second-order valence-electron chi connectivity index (χ2n) is 4.76. The fourth-order valence-corrected chi connectivity index (χ4v) is 3.35. The van der Waals surface area contributed by atoms with E-state index in [4.69, 9.17) is 5.73 Å². The molecule has 0 aromatic heterocycles. The summed E-state index contributed by atoms with van der Waals surface area (Å²) in [5, 5.41) is 0. The lowest BCUT2D eigenvalue weighted by Crippen LogP contribution is -2.40. The van der Waals surface area contributed by atoms with Gasteiger partial charge in [-0.3, -0.25) is 4.79 Å². The van der Waals surface area contributed by atoms with Crippen molar-refractivity contribution in [2.75, 3.05) is 20.1 Å². The molecule has 21 heavy (non-hydrogen) atoms. The van der Waals surface area contributed by atoms with Crippen molar-refractivity contribution in [2.45, 2.75) is 17.4 Å². The third-order valence-corrected chi connectivity index (χ3v) is 4.67. The summed E-state index contributed by atoms with van der Waals surface area (Å²) in [6.45, 7) is 0.756. The Kier molecular flexibility index (Phi) is 4.63. The average molecular weight is 307 g/mol. The molecule has 0 bridgehead atoms. The molecule has 1 fully saturated rings. The molecular weight excluding hydrogens is 290 g/mol. The Labute approximate surface area is 124 Å². The molecule has 1 aliphatic heterocycles. The van der Waals surface area contributed by atoms with E-state index in [-0.39, 0.29) is 17.3 Å². The van der Waals surface area contributed by atoms with Crippen LogP contribution in [0.3, 0.4) is 0 Å². The van der Waals surface area contributed by atoms with Crippen molar-refractivity contribution in [1.29, 1.82) is 0 Å². The van der Waals surface area contributed by atoms with Gasteiger partial charge in [0.2, 0.25) is 15.9 Å². The summed E-state index contributed by atoms with van der Waals surface area (Å²) in [6.07, 6.45) is 0.473. The van der Waals surface area contributed by atoms with Crippen LogP contribution in [0.4, 0.5) is 0 Å². The first-order valence-corrected chi connectivity index (χ1v) is 7.98. The van der Waals surface area contributed by atoms with Crippen LogP contribution in [0.25, 0.3) is 0 Å². The molecule has 112 valence electrons. The van der Waals surface area contributed by atoms with E-state index in [1.54, 1.807) is 19.2 Å². The molecule has 1 amide bonds. The fourth-order valence-electron chi connectivity index (χ4n) is 2.08. The van der Waals surface area contributed by atoms with Crippen LogP contribution in [0.5, 0.6) is 0 Å². The number of likely N-dealkylation sites (N-methyl/N-ethyl adjacent to an activating group) is 1. The number of benzene rings is 1. The fraction of sp³-hybridized carbons (Fsp3) is 0.357. The van der Waals surface area contributed by atoms with Gasteiger partial charge in [-0.15, -0.1) is 0 Å². The second-order valence-corrected chi connectivity index (χ2v) is 6.47. The van der Waals surface area contributed by atoms with Gasteiger partial charge in [0, 0.05) is 19.2 Å². The van der Waals surface area contributed by atoms with Crippen molar-refractivity contribution in [3.05, 3.63) is 29.8 Å². The monoisotopic (exact) mass is 307 g/mol. The molecule has 0 saturated carbocycles. The minimum absolute atomic E-state index is 0.0914. The largest absolute Gasteiger partial charge is 0.344 e. The summed E-state index contributed by atoms with van der Waals surface area (Å²) >= 11 is 0. The first-order valence-electron chi connectivity index (χ1n) is 6.50. The van der Waals surface area contributed by atoms with Crippen LogP contribution in [0.1, 0.15) is 12.0 Å². The molecule has 1 unspecified atom stereocenters. The Bertz CT molecular complexity index is 704. The molecule has 3 N–H and O–H groups in total. The van der Waals surface area contributed by atoms with E-state index < -0.39 is 16.1 Å². The SMILES string of the molecule is CN1CCC(NS(=O)(=O)c2cccc(C#CCN)c2)C1=O. The van der Waals surface area contributed by atoms with Crippen LogP contribution in [0.15, 0.2) is 29.2 Å². The third kappa shape index (κ3) is 3.61. The van der Waals surface area contributed by atoms with Crippen molar-refractivity contribution >= 4 is 15.9 Å². The van der Waals surface area contributed by atoms with Crippen LogP contribution in [-0.2, 0) is 14.8 Å². The van der Waals surface area contributed by atoms with E-state index in [1.165, 1.54) is 17.0 Å². The van der Waals surface area contributed by atoms with Crippen LogP contribution >= 0.6 is 0 Å². The Morgan fingerprint density at radius 2 is 2.24 bits per heavy atom. The standard InChI is InChI=1S/C14H17N3O3S/c1-17-9-7-13(14(17)18)16-21(19,20)12-6-2-4-11(10-12)5-3-8-15/h2,4,6,10,13,16H,7-9,15H2,1H3. The highest BCUT2D eigenvalue weighted by molar-refractivity contribution is 7.89. The molecule has 1 aliphatic rings. The third-order valence-electron chi connectivity index (χ3n) is 3.20. The number of amides is 1. The van der Waals surface area contributed by atoms with Gasteiger partial charge < -0.3 is 10.6 Å². The topological polar surface area (TPSA) is 92.5 Å². The summed E-state index contributed by atoms with van der Waals surface area (Å²) in [5.74, 6) is 5.24. The van der Waals surface area contributed by atoms with E-state index in [2.05, 4.69) is 16.6 Å². The van der Waals surface area contributed by atoms with Gasteiger partial charge in [0.1, 0.15) is 6.04 Å². The first-order chi connectivity index (χ1) is 9.94. The molecule has 1 saturated heterocycles. The summed E-state index contributed by atoms with van der Waals surface area (Å²) in [7, 11) is -2.09. The van der Waals surface area contributed by atoms with Crippen LogP contribution in [0.2, 0.25) is 0 Å². The van der Waals surface area contributed by atoms with E-state index in [1.807, 2.05) is 0 Å². The van der Waals surface area contributed by atoms with E-state index >= 15 is 0 Å². The number of sulfonamides is 1. The maximum atomic E-state index is 12.3. The molecular formula is C14H17N3O3S. The molecule has 1 aromatic carbocycles. The second kappa shape index (κ2) is 6.26. The van der Waals surface area contributed by atoms with Gasteiger partial charge in [0.15, 0.2) is 0 Å². The van der Waals surface area contributed by atoms with Crippen molar-refractivity contribution in [2.24, 2.45) is 5.73 Å². The number of hydrogen-bond donors (Lipinski definition) is 2. The number of nitrogens with zero attached hydrogens (tertiary/aromatic N) is 1. The highest BCUT2D eigenvalue weighted by Gasteiger charge is 2.32. The van der Waals surface area contributed by atoms with Crippen LogP contribution in [0, 0.1) is 11.8 Å². The van der Waals surface area contributed by atoms with Gasteiger partial charge in [0.25, 0.3) is 0 Å². The number of likely N-dealkylation sites (tertiary alicyclic amines) is 1. The maximum Gasteiger partial charge on any atom is 0.241 e. The van der Waals surface area contributed by atoms with Crippen molar-refractivity contribution in [1.82, 2.24) is 9.62 Å². The summed E-state index contributed by atoms with van der Waals surface area (Å²) in [5.41, 5.74) is 5.86. The predicted octanol–water partition coefficient (Wildman–Crippen LogP) is -0.494. The van der Waals surface area contributed by atoms with Crippen molar-refractivity contribution in [3.8, 4) is 11.8 Å². The Hall–Kier alpha value is -1.88. The molecule has 1 heterocycles. The number of hydrogen-bond acceptors (Lipinski definition) is 4. The highest BCUT2D eigenvalue weighted by Crippen LogP contribution is 2.15. The van der Waals surface area contributed by atoms with Gasteiger partial charge in [-0.25, -0.2) is 8.42 Å².